The van der Waals surface area contributed by atoms with E-state index in [4.69, 9.17) is 0 Å². The largest absolute Gasteiger partial charge is 0.348 e. The Morgan fingerprint density at radius 2 is 2.12 bits per heavy atom. The van der Waals surface area contributed by atoms with Crippen LogP contribution in [0.3, 0.4) is 0 Å². The van der Waals surface area contributed by atoms with E-state index in [1.165, 1.54) is 6.07 Å². The molecule has 0 bridgehead atoms. The number of imidazole rings is 1. The maximum absolute atomic E-state index is 13.8. The zero-order valence-electron chi connectivity index (χ0n) is 14.6. The second kappa shape index (κ2) is 7.03. The van der Waals surface area contributed by atoms with Crippen LogP contribution in [-0.2, 0) is 13.1 Å². The monoisotopic (exact) mass is 340 g/mol. The second-order valence-electron chi connectivity index (χ2n) is 6.38. The molecule has 0 saturated carbocycles. The summed E-state index contributed by atoms with van der Waals surface area (Å²) in [5.41, 5.74) is 3.48. The summed E-state index contributed by atoms with van der Waals surface area (Å²) in [6.07, 6.45) is 3.74. The summed E-state index contributed by atoms with van der Waals surface area (Å²) in [6.45, 7) is 2.74. The minimum Gasteiger partial charge on any atom is -0.348 e. The van der Waals surface area contributed by atoms with E-state index in [2.05, 4.69) is 10.3 Å². The number of halogens is 1. The van der Waals surface area contributed by atoms with Gasteiger partial charge in [0.2, 0.25) is 0 Å². The lowest BCUT2D eigenvalue weighted by Crippen LogP contribution is -2.23. The van der Waals surface area contributed by atoms with Crippen molar-refractivity contribution in [2.45, 2.75) is 20.0 Å². The van der Waals surface area contributed by atoms with E-state index in [1.54, 1.807) is 18.2 Å². The Balaban J connectivity index is 1.76. The van der Waals surface area contributed by atoms with Gasteiger partial charge >= 0.3 is 0 Å². The van der Waals surface area contributed by atoms with Gasteiger partial charge in [-0.25, -0.2) is 9.37 Å². The van der Waals surface area contributed by atoms with Gasteiger partial charge in [-0.1, -0.05) is 6.07 Å². The van der Waals surface area contributed by atoms with Crippen LogP contribution < -0.4 is 5.32 Å². The second-order valence-corrected chi connectivity index (χ2v) is 6.38. The van der Waals surface area contributed by atoms with Gasteiger partial charge in [0.25, 0.3) is 5.91 Å². The van der Waals surface area contributed by atoms with Gasteiger partial charge in [0, 0.05) is 31.0 Å². The van der Waals surface area contributed by atoms with E-state index < -0.39 is 0 Å². The number of rotatable bonds is 5. The van der Waals surface area contributed by atoms with Crippen LogP contribution >= 0.6 is 0 Å². The lowest BCUT2D eigenvalue weighted by molar-refractivity contribution is 0.0952. The zero-order chi connectivity index (χ0) is 18.0. The van der Waals surface area contributed by atoms with Gasteiger partial charge in [0.1, 0.15) is 11.5 Å². The molecular weight excluding hydrogens is 319 g/mol. The Morgan fingerprint density at radius 1 is 1.32 bits per heavy atom. The average Bonchev–Trinajstić information content (AvgIpc) is 2.94. The van der Waals surface area contributed by atoms with Crippen molar-refractivity contribution >= 4 is 11.6 Å². The van der Waals surface area contributed by atoms with Gasteiger partial charge in [-0.05, 0) is 50.8 Å². The number of nitrogens with one attached hydrogen (secondary N) is 1. The lowest BCUT2D eigenvalue weighted by atomic mass is 10.1. The number of pyridine rings is 1. The van der Waals surface area contributed by atoms with Crippen molar-refractivity contribution in [2.24, 2.45) is 0 Å². The smallest absolute Gasteiger partial charge is 0.255 e. The third kappa shape index (κ3) is 3.85. The van der Waals surface area contributed by atoms with Crippen molar-refractivity contribution in [3.8, 4) is 0 Å². The number of aromatic nitrogens is 2. The van der Waals surface area contributed by atoms with Crippen LogP contribution in [0.15, 0.2) is 42.7 Å². The first kappa shape index (κ1) is 17.1. The number of hydrogen-bond donors (Lipinski definition) is 1. The molecule has 0 aliphatic heterocycles. The first-order valence-corrected chi connectivity index (χ1v) is 8.08. The predicted octanol–water partition coefficient (Wildman–Crippen LogP) is 2.77. The molecule has 2 aromatic heterocycles. The van der Waals surface area contributed by atoms with Gasteiger partial charge in [-0.15, -0.1) is 0 Å². The topological polar surface area (TPSA) is 49.6 Å². The maximum Gasteiger partial charge on any atom is 0.255 e. The van der Waals surface area contributed by atoms with Gasteiger partial charge < -0.3 is 14.6 Å². The molecule has 3 rings (SSSR count). The van der Waals surface area contributed by atoms with Crippen LogP contribution in [0.25, 0.3) is 5.65 Å². The molecule has 3 aromatic rings. The Kier molecular flexibility index (Phi) is 4.81. The molecule has 0 saturated heterocycles. The Bertz CT molecular complexity index is 917. The summed E-state index contributed by atoms with van der Waals surface area (Å²) >= 11 is 0. The summed E-state index contributed by atoms with van der Waals surface area (Å²) < 4.78 is 15.7. The molecule has 0 fully saturated rings. The average molecular weight is 340 g/mol. The number of hydrogen-bond acceptors (Lipinski definition) is 3. The van der Waals surface area contributed by atoms with Gasteiger partial charge in [-0.2, -0.15) is 0 Å². The van der Waals surface area contributed by atoms with Crippen molar-refractivity contribution in [1.29, 1.82) is 0 Å². The van der Waals surface area contributed by atoms with E-state index in [0.717, 1.165) is 11.3 Å². The third-order valence-electron chi connectivity index (χ3n) is 3.90. The van der Waals surface area contributed by atoms with Crippen LogP contribution in [0.1, 0.15) is 27.2 Å². The molecule has 25 heavy (non-hydrogen) atoms. The standard InChI is InChI=1S/C19H21FN4O/c1-13-11-24-8-4-5-16(18(24)22-13)19(25)21-10-14-6-7-17(20)15(9-14)12-23(2)3/h4-9,11H,10,12H2,1-3H3,(H,21,25). The minimum absolute atomic E-state index is 0.199. The highest BCUT2D eigenvalue weighted by Gasteiger charge is 2.12. The van der Waals surface area contributed by atoms with Crippen LogP contribution in [0.4, 0.5) is 4.39 Å². The number of benzene rings is 1. The number of aryl methyl sites for hydroxylation is 1. The van der Waals surface area contributed by atoms with E-state index in [9.17, 15) is 9.18 Å². The highest BCUT2D eigenvalue weighted by atomic mass is 19.1. The number of carbonyl (C=O) groups excluding carboxylic acids is 1. The Labute approximate surface area is 146 Å². The molecule has 1 aromatic carbocycles. The Morgan fingerprint density at radius 3 is 2.88 bits per heavy atom. The number of carbonyl (C=O) groups is 1. The van der Waals surface area contributed by atoms with Crippen molar-refractivity contribution in [3.05, 3.63) is 70.9 Å². The quantitative estimate of drug-likeness (QED) is 0.777. The van der Waals surface area contributed by atoms with Crippen molar-refractivity contribution < 1.29 is 9.18 Å². The molecule has 0 aliphatic carbocycles. The number of fused-ring (bicyclic) bond motifs is 1. The van der Waals surface area contributed by atoms with Crippen molar-refractivity contribution in [2.75, 3.05) is 14.1 Å². The van der Waals surface area contributed by atoms with E-state index in [-0.39, 0.29) is 11.7 Å². The SMILES string of the molecule is Cc1cn2cccc(C(=O)NCc3ccc(F)c(CN(C)C)c3)c2n1. The first-order valence-electron chi connectivity index (χ1n) is 8.08. The van der Waals surface area contributed by atoms with Crippen molar-refractivity contribution in [3.63, 3.8) is 0 Å². The number of nitrogens with zero attached hydrogens (tertiary/aromatic N) is 3. The van der Waals surface area contributed by atoms with Crippen molar-refractivity contribution in [1.82, 2.24) is 19.6 Å². The molecule has 0 aliphatic rings. The molecule has 0 spiro atoms. The van der Waals surface area contributed by atoms with Gasteiger partial charge in [0.15, 0.2) is 0 Å². The summed E-state index contributed by atoms with van der Waals surface area (Å²) in [7, 11) is 3.78. The summed E-state index contributed by atoms with van der Waals surface area (Å²) in [4.78, 5) is 18.8. The molecule has 0 radical (unpaired) electrons. The van der Waals surface area contributed by atoms with Gasteiger partial charge in [-0.3, -0.25) is 4.79 Å². The van der Waals surface area contributed by atoms with E-state index >= 15 is 0 Å². The minimum atomic E-state index is -0.235. The Hall–Kier alpha value is -2.73. The molecule has 130 valence electrons. The summed E-state index contributed by atoms with van der Waals surface area (Å²) in [5, 5.41) is 2.89. The molecule has 2 heterocycles. The fraction of sp³-hybridized carbons (Fsp3) is 0.263. The van der Waals surface area contributed by atoms with Gasteiger partial charge in [0.05, 0.1) is 11.3 Å². The zero-order valence-corrected chi connectivity index (χ0v) is 14.6. The maximum atomic E-state index is 13.8. The normalized spacial score (nSPS) is 11.2. The molecular formula is C19H21FN4O. The van der Waals surface area contributed by atoms with Crippen LogP contribution in [0.2, 0.25) is 0 Å². The molecule has 0 atom stereocenters. The molecule has 0 unspecified atom stereocenters. The summed E-state index contributed by atoms with van der Waals surface area (Å²) in [6, 6.07) is 8.49. The van der Waals surface area contributed by atoms with E-state index in [1.807, 2.05) is 48.8 Å². The number of amides is 1. The van der Waals surface area contributed by atoms with E-state index in [0.29, 0.717) is 29.9 Å². The third-order valence-corrected chi connectivity index (χ3v) is 3.90. The molecule has 1 amide bonds. The fourth-order valence-electron chi connectivity index (χ4n) is 2.79. The summed E-state index contributed by atoms with van der Waals surface area (Å²) in [5.74, 6) is -0.434. The fourth-order valence-corrected chi connectivity index (χ4v) is 2.79. The molecule has 1 N–H and O–H groups in total. The lowest BCUT2D eigenvalue weighted by Gasteiger charge is -2.12. The first-order chi connectivity index (χ1) is 11.9. The van der Waals surface area contributed by atoms with Crippen LogP contribution in [0, 0.1) is 12.7 Å². The predicted molar refractivity (Wildman–Crippen MR) is 94.9 cm³/mol. The highest BCUT2D eigenvalue weighted by molar-refractivity contribution is 5.99. The van der Waals surface area contributed by atoms with Crippen LogP contribution in [-0.4, -0.2) is 34.3 Å². The molecule has 5 nitrogen and oxygen atoms in total. The molecule has 6 heteroatoms. The van der Waals surface area contributed by atoms with Crippen LogP contribution in [0.5, 0.6) is 0 Å². The highest BCUT2D eigenvalue weighted by Crippen LogP contribution is 2.14.